The smallest absolute Gasteiger partial charge is 0.282 e. The maximum absolute atomic E-state index is 12.1. The number of para-hydroxylation sites is 1. The van der Waals surface area contributed by atoms with Crippen molar-refractivity contribution < 1.29 is 14.6 Å². The molecule has 0 bridgehead atoms. The van der Waals surface area contributed by atoms with Gasteiger partial charge >= 0.3 is 0 Å². The Labute approximate surface area is 116 Å². The lowest BCUT2D eigenvalue weighted by molar-refractivity contribution is 0.0281. The van der Waals surface area contributed by atoms with Crippen LogP contribution in [0.3, 0.4) is 0 Å². The van der Waals surface area contributed by atoms with Gasteiger partial charge in [0.2, 0.25) is 0 Å². The quantitative estimate of drug-likeness (QED) is 0.913. The van der Waals surface area contributed by atoms with Gasteiger partial charge in [0.1, 0.15) is 12.4 Å². The van der Waals surface area contributed by atoms with Crippen molar-refractivity contribution in [3.63, 3.8) is 0 Å². The first-order chi connectivity index (χ1) is 9.46. The average molecular weight is 273 g/mol. The number of nitrogens with zero attached hydrogens (tertiary/aromatic N) is 3. The first-order valence-electron chi connectivity index (χ1n) is 6.10. The van der Waals surface area contributed by atoms with Gasteiger partial charge in [-0.25, -0.2) is 0 Å². The van der Waals surface area contributed by atoms with Gasteiger partial charge in [0.15, 0.2) is 5.84 Å². The van der Waals surface area contributed by atoms with Gasteiger partial charge < -0.3 is 9.84 Å². The predicted molar refractivity (Wildman–Crippen MR) is 74.0 cm³/mol. The number of amides is 1. The van der Waals surface area contributed by atoms with Crippen molar-refractivity contribution in [3.8, 4) is 5.75 Å². The molecular formula is C14H15N3O3. The molecule has 0 spiro atoms. The highest BCUT2D eigenvalue weighted by Crippen LogP contribution is 2.20. The standard InChI is InChI=1S/C14H15N3O3/c1-14(2,19)9-20-11-6-4-3-5-10(11)13(18)16-12-7-8-15-17-12/h3-8,19H,9H2,1-2H3. The second-order valence-corrected chi connectivity index (χ2v) is 4.90. The number of hydrogen-bond acceptors (Lipinski definition) is 4. The second kappa shape index (κ2) is 5.75. The number of azo groups is 1. The van der Waals surface area contributed by atoms with E-state index in [-0.39, 0.29) is 12.4 Å². The number of aliphatic imine (C=N–C) groups is 1. The molecule has 0 aliphatic carbocycles. The molecule has 0 fully saturated rings. The zero-order chi connectivity index (χ0) is 14.6. The lowest BCUT2D eigenvalue weighted by atomic mass is 10.1. The number of benzene rings is 1. The largest absolute Gasteiger partial charge is 0.490 e. The molecule has 0 unspecified atom stereocenters. The van der Waals surface area contributed by atoms with Crippen LogP contribution in [0.4, 0.5) is 0 Å². The Bertz CT molecular complexity index is 584. The molecule has 1 N–H and O–H groups in total. The number of aliphatic hydroxyl groups is 1. The molecule has 2 rings (SSSR count). The Balaban J connectivity index is 2.19. The zero-order valence-electron chi connectivity index (χ0n) is 11.3. The van der Waals surface area contributed by atoms with E-state index >= 15 is 0 Å². The van der Waals surface area contributed by atoms with Crippen LogP contribution in [-0.2, 0) is 0 Å². The maximum atomic E-state index is 12.1. The van der Waals surface area contributed by atoms with Crippen LogP contribution in [0.1, 0.15) is 24.2 Å². The Kier molecular flexibility index (Phi) is 4.05. The number of rotatable bonds is 4. The molecule has 1 aliphatic rings. The highest BCUT2D eigenvalue weighted by atomic mass is 16.5. The van der Waals surface area contributed by atoms with Crippen molar-refractivity contribution in [2.75, 3.05) is 6.61 Å². The van der Waals surface area contributed by atoms with Gasteiger partial charge in [-0.15, -0.1) is 5.11 Å². The van der Waals surface area contributed by atoms with Crippen LogP contribution in [0.5, 0.6) is 5.75 Å². The van der Waals surface area contributed by atoms with E-state index in [2.05, 4.69) is 15.2 Å². The van der Waals surface area contributed by atoms with Crippen LogP contribution in [0.15, 0.2) is 51.8 Å². The number of ether oxygens (including phenoxy) is 1. The van der Waals surface area contributed by atoms with E-state index in [4.69, 9.17) is 4.74 Å². The predicted octanol–water partition coefficient (Wildman–Crippen LogP) is 2.35. The SMILES string of the molecule is CC(C)(O)COc1ccccc1C(=O)N=C1C=CN=N1. The van der Waals surface area contributed by atoms with E-state index < -0.39 is 11.5 Å². The molecule has 0 atom stereocenters. The van der Waals surface area contributed by atoms with Crippen LogP contribution in [-0.4, -0.2) is 29.1 Å². The Morgan fingerprint density at radius 1 is 1.40 bits per heavy atom. The Hall–Kier alpha value is -2.34. The molecule has 6 heteroatoms. The van der Waals surface area contributed by atoms with Gasteiger partial charge in [-0.3, -0.25) is 4.79 Å². The molecule has 1 heterocycles. The first-order valence-corrected chi connectivity index (χ1v) is 6.10. The highest BCUT2D eigenvalue weighted by molar-refractivity contribution is 6.08. The normalized spacial score (nSPS) is 15.8. The second-order valence-electron chi connectivity index (χ2n) is 4.90. The van der Waals surface area contributed by atoms with Crippen LogP contribution in [0, 0.1) is 0 Å². The minimum atomic E-state index is -0.982. The summed E-state index contributed by atoms with van der Waals surface area (Å²) in [4.78, 5) is 15.9. The Morgan fingerprint density at radius 3 is 2.80 bits per heavy atom. The van der Waals surface area contributed by atoms with E-state index in [1.165, 1.54) is 12.3 Å². The maximum Gasteiger partial charge on any atom is 0.282 e. The fourth-order valence-electron chi connectivity index (χ4n) is 1.47. The van der Waals surface area contributed by atoms with Gasteiger partial charge in [-0.2, -0.15) is 10.1 Å². The van der Waals surface area contributed by atoms with E-state index in [9.17, 15) is 9.90 Å². The van der Waals surface area contributed by atoms with E-state index in [1.807, 2.05) is 0 Å². The molecule has 0 aromatic heterocycles. The average Bonchev–Trinajstić information content (AvgIpc) is 2.88. The van der Waals surface area contributed by atoms with Crippen molar-refractivity contribution in [1.82, 2.24) is 0 Å². The molecule has 0 saturated heterocycles. The van der Waals surface area contributed by atoms with E-state index in [1.54, 1.807) is 38.1 Å². The molecule has 0 radical (unpaired) electrons. The summed E-state index contributed by atoms with van der Waals surface area (Å²) >= 11 is 0. The lowest BCUT2D eigenvalue weighted by Gasteiger charge is -2.18. The molecule has 6 nitrogen and oxygen atoms in total. The molecular weight excluding hydrogens is 258 g/mol. The topological polar surface area (TPSA) is 83.6 Å². The fraction of sp³-hybridized carbons (Fsp3) is 0.286. The van der Waals surface area contributed by atoms with Gasteiger partial charge in [-0.05, 0) is 26.0 Å². The highest BCUT2D eigenvalue weighted by Gasteiger charge is 2.17. The third-order valence-electron chi connectivity index (χ3n) is 2.36. The van der Waals surface area contributed by atoms with Gasteiger partial charge in [0.05, 0.1) is 17.4 Å². The summed E-state index contributed by atoms with van der Waals surface area (Å²) in [6.45, 7) is 3.33. The number of carbonyl (C=O) groups is 1. The minimum Gasteiger partial charge on any atom is -0.490 e. The summed E-state index contributed by atoms with van der Waals surface area (Å²) in [5.41, 5.74) is -0.662. The lowest BCUT2D eigenvalue weighted by Crippen LogP contribution is -2.28. The zero-order valence-corrected chi connectivity index (χ0v) is 11.3. The fourth-order valence-corrected chi connectivity index (χ4v) is 1.47. The van der Waals surface area contributed by atoms with Gasteiger partial charge in [-0.1, -0.05) is 12.1 Å². The van der Waals surface area contributed by atoms with Crippen LogP contribution in [0.25, 0.3) is 0 Å². The van der Waals surface area contributed by atoms with Crippen LogP contribution >= 0.6 is 0 Å². The summed E-state index contributed by atoms with van der Waals surface area (Å²) in [7, 11) is 0. The van der Waals surface area contributed by atoms with Crippen molar-refractivity contribution >= 4 is 11.7 Å². The number of carbonyl (C=O) groups excluding carboxylic acids is 1. The molecule has 1 aromatic rings. The molecule has 1 amide bonds. The van der Waals surface area contributed by atoms with Crippen molar-refractivity contribution in [2.24, 2.45) is 15.2 Å². The van der Waals surface area contributed by atoms with E-state index in [0.29, 0.717) is 11.3 Å². The van der Waals surface area contributed by atoms with Crippen molar-refractivity contribution in [2.45, 2.75) is 19.4 Å². The first kappa shape index (κ1) is 14.1. The minimum absolute atomic E-state index is 0.0769. The van der Waals surface area contributed by atoms with Crippen LogP contribution in [0.2, 0.25) is 0 Å². The molecule has 104 valence electrons. The molecule has 1 aliphatic heterocycles. The molecule has 20 heavy (non-hydrogen) atoms. The summed E-state index contributed by atoms with van der Waals surface area (Å²) in [5.74, 6) is 0.173. The van der Waals surface area contributed by atoms with E-state index in [0.717, 1.165) is 0 Å². The summed E-state index contributed by atoms with van der Waals surface area (Å²) in [5, 5.41) is 16.9. The Morgan fingerprint density at radius 2 is 2.15 bits per heavy atom. The number of hydrogen-bond donors (Lipinski definition) is 1. The van der Waals surface area contributed by atoms with Gasteiger partial charge in [0.25, 0.3) is 5.91 Å². The molecule has 0 saturated carbocycles. The molecule has 1 aromatic carbocycles. The summed E-state index contributed by atoms with van der Waals surface area (Å²) in [6, 6.07) is 6.74. The third-order valence-corrected chi connectivity index (χ3v) is 2.36. The van der Waals surface area contributed by atoms with Crippen molar-refractivity contribution in [1.29, 1.82) is 0 Å². The van der Waals surface area contributed by atoms with Crippen LogP contribution < -0.4 is 4.74 Å². The third kappa shape index (κ3) is 3.83. The monoisotopic (exact) mass is 273 g/mol. The number of amidine groups is 1. The van der Waals surface area contributed by atoms with Crippen molar-refractivity contribution in [3.05, 3.63) is 42.1 Å². The summed E-state index contributed by atoms with van der Waals surface area (Å²) in [6.07, 6.45) is 3.00. The van der Waals surface area contributed by atoms with Gasteiger partial charge in [0, 0.05) is 6.08 Å². The summed E-state index contributed by atoms with van der Waals surface area (Å²) < 4.78 is 5.48.